The molecule has 0 bridgehead atoms. The van der Waals surface area contributed by atoms with E-state index >= 15 is 0 Å². The van der Waals surface area contributed by atoms with Crippen molar-refractivity contribution < 1.29 is 4.42 Å². The van der Waals surface area contributed by atoms with Gasteiger partial charge < -0.3 is 4.42 Å². The van der Waals surface area contributed by atoms with Crippen molar-refractivity contribution in [1.82, 2.24) is 15.2 Å². The van der Waals surface area contributed by atoms with Crippen molar-refractivity contribution in [2.24, 2.45) is 0 Å². The van der Waals surface area contributed by atoms with Gasteiger partial charge in [-0.05, 0) is 32.4 Å². The predicted octanol–water partition coefficient (Wildman–Crippen LogP) is 3.13. The summed E-state index contributed by atoms with van der Waals surface area (Å²) in [6, 6.07) is 5.86. The third-order valence-corrected chi connectivity index (χ3v) is 3.05. The fraction of sp³-hybridized carbons (Fsp3) is 0.500. The third kappa shape index (κ3) is 2.58. The van der Waals surface area contributed by atoms with Crippen LogP contribution in [-0.2, 0) is 11.8 Å². The number of rotatable bonds is 5. The van der Waals surface area contributed by atoms with E-state index in [1.54, 1.807) is 6.20 Å². The summed E-state index contributed by atoms with van der Waals surface area (Å²) in [6.07, 6.45) is 4.83. The van der Waals surface area contributed by atoms with Crippen molar-refractivity contribution in [3.8, 4) is 0 Å². The number of pyridine rings is 1. The van der Waals surface area contributed by atoms with Crippen LogP contribution in [0.1, 0.15) is 51.1 Å². The van der Waals surface area contributed by atoms with Crippen molar-refractivity contribution >= 4 is 0 Å². The van der Waals surface area contributed by atoms with E-state index in [-0.39, 0.29) is 5.41 Å². The van der Waals surface area contributed by atoms with Crippen molar-refractivity contribution in [2.45, 2.75) is 45.4 Å². The molecule has 18 heavy (non-hydrogen) atoms. The average Bonchev–Trinajstić information content (AvgIpc) is 2.87. The molecule has 0 aliphatic rings. The number of hydrogen-bond acceptors (Lipinski definition) is 4. The van der Waals surface area contributed by atoms with E-state index < -0.39 is 0 Å². The smallest absolute Gasteiger partial charge is 0.228 e. The van der Waals surface area contributed by atoms with Gasteiger partial charge in [0.2, 0.25) is 11.8 Å². The third-order valence-electron chi connectivity index (χ3n) is 3.05. The molecule has 0 N–H and O–H groups in total. The SMILES string of the molecule is CCCCc1nnc(C(C)(C)c2ccccn2)o1. The summed E-state index contributed by atoms with van der Waals surface area (Å²) >= 11 is 0. The first-order valence-corrected chi connectivity index (χ1v) is 6.39. The van der Waals surface area contributed by atoms with E-state index in [9.17, 15) is 0 Å². The molecule has 2 aromatic heterocycles. The fourth-order valence-corrected chi connectivity index (χ4v) is 1.78. The largest absolute Gasteiger partial charge is 0.424 e. The Morgan fingerprint density at radius 1 is 1.22 bits per heavy atom. The van der Waals surface area contributed by atoms with Gasteiger partial charge in [-0.3, -0.25) is 4.98 Å². The minimum Gasteiger partial charge on any atom is -0.424 e. The van der Waals surface area contributed by atoms with Gasteiger partial charge in [-0.25, -0.2) is 0 Å². The summed E-state index contributed by atoms with van der Waals surface area (Å²) in [5.41, 5.74) is 0.592. The van der Waals surface area contributed by atoms with Gasteiger partial charge in [-0.1, -0.05) is 19.4 Å². The van der Waals surface area contributed by atoms with Crippen molar-refractivity contribution in [2.75, 3.05) is 0 Å². The Balaban J connectivity index is 2.22. The molecule has 2 aromatic rings. The lowest BCUT2D eigenvalue weighted by Crippen LogP contribution is -2.20. The van der Waals surface area contributed by atoms with Crippen LogP contribution in [0.4, 0.5) is 0 Å². The van der Waals surface area contributed by atoms with Crippen molar-refractivity contribution in [3.63, 3.8) is 0 Å². The van der Waals surface area contributed by atoms with E-state index in [0.29, 0.717) is 5.89 Å². The van der Waals surface area contributed by atoms with E-state index in [1.165, 1.54) is 0 Å². The Morgan fingerprint density at radius 2 is 2.06 bits per heavy atom. The monoisotopic (exact) mass is 245 g/mol. The summed E-state index contributed by atoms with van der Waals surface area (Å²) in [6.45, 7) is 6.24. The van der Waals surface area contributed by atoms with Gasteiger partial charge in [0.25, 0.3) is 0 Å². The maximum Gasteiger partial charge on any atom is 0.228 e. The Morgan fingerprint density at radius 3 is 2.72 bits per heavy atom. The van der Waals surface area contributed by atoms with Crippen LogP contribution >= 0.6 is 0 Å². The first-order chi connectivity index (χ1) is 8.64. The summed E-state index contributed by atoms with van der Waals surface area (Å²) in [5.74, 6) is 1.35. The average molecular weight is 245 g/mol. The molecule has 0 aliphatic heterocycles. The lowest BCUT2D eigenvalue weighted by Gasteiger charge is -2.18. The van der Waals surface area contributed by atoms with Crippen LogP contribution in [0.3, 0.4) is 0 Å². The molecule has 0 aromatic carbocycles. The zero-order valence-electron chi connectivity index (χ0n) is 11.2. The summed E-state index contributed by atoms with van der Waals surface area (Å²) < 4.78 is 5.74. The van der Waals surface area contributed by atoms with Crippen LogP contribution in [0.2, 0.25) is 0 Å². The van der Waals surface area contributed by atoms with Crippen LogP contribution in [0.5, 0.6) is 0 Å². The standard InChI is InChI=1S/C14H19N3O/c1-4-5-9-12-16-17-13(18-12)14(2,3)11-8-6-7-10-15-11/h6-8,10H,4-5,9H2,1-3H3. The van der Waals surface area contributed by atoms with Crippen LogP contribution in [0, 0.1) is 0 Å². The molecule has 96 valence electrons. The second-order valence-electron chi connectivity index (χ2n) is 4.94. The highest BCUT2D eigenvalue weighted by molar-refractivity contribution is 5.22. The second-order valence-corrected chi connectivity index (χ2v) is 4.94. The minimum absolute atomic E-state index is 0.348. The maximum absolute atomic E-state index is 5.74. The van der Waals surface area contributed by atoms with Crippen LogP contribution in [0.15, 0.2) is 28.8 Å². The Kier molecular flexibility index (Phi) is 3.75. The lowest BCUT2D eigenvalue weighted by atomic mass is 9.89. The minimum atomic E-state index is -0.348. The quantitative estimate of drug-likeness (QED) is 0.812. The molecule has 0 radical (unpaired) electrons. The number of nitrogens with zero attached hydrogens (tertiary/aromatic N) is 3. The number of aromatic nitrogens is 3. The van der Waals surface area contributed by atoms with Crippen LogP contribution in [-0.4, -0.2) is 15.2 Å². The number of aryl methyl sites for hydroxylation is 1. The molecule has 0 fully saturated rings. The van der Waals surface area contributed by atoms with Gasteiger partial charge in [0, 0.05) is 12.6 Å². The topological polar surface area (TPSA) is 51.8 Å². The van der Waals surface area contributed by atoms with E-state index in [1.807, 2.05) is 32.0 Å². The van der Waals surface area contributed by atoms with Gasteiger partial charge >= 0.3 is 0 Å². The maximum atomic E-state index is 5.74. The predicted molar refractivity (Wildman–Crippen MR) is 69.3 cm³/mol. The van der Waals surface area contributed by atoms with Crippen molar-refractivity contribution in [1.29, 1.82) is 0 Å². The Hall–Kier alpha value is -1.71. The van der Waals surface area contributed by atoms with Gasteiger partial charge in [0.05, 0.1) is 11.1 Å². The molecule has 0 saturated carbocycles. The zero-order valence-corrected chi connectivity index (χ0v) is 11.2. The lowest BCUT2D eigenvalue weighted by molar-refractivity contribution is 0.380. The molecule has 0 atom stereocenters. The highest BCUT2D eigenvalue weighted by Crippen LogP contribution is 2.28. The van der Waals surface area contributed by atoms with E-state index in [0.717, 1.165) is 30.8 Å². The van der Waals surface area contributed by atoms with Gasteiger partial charge in [-0.15, -0.1) is 10.2 Å². The normalized spacial score (nSPS) is 11.7. The Bertz CT molecular complexity index is 491. The summed E-state index contributed by atoms with van der Waals surface area (Å²) in [7, 11) is 0. The molecule has 0 amide bonds. The summed E-state index contributed by atoms with van der Waals surface area (Å²) in [5, 5.41) is 8.26. The van der Waals surface area contributed by atoms with Crippen molar-refractivity contribution in [3.05, 3.63) is 41.9 Å². The molecule has 0 unspecified atom stereocenters. The van der Waals surface area contributed by atoms with E-state index in [4.69, 9.17) is 4.42 Å². The molecule has 0 aliphatic carbocycles. The van der Waals surface area contributed by atoms with E-state index in [2.05, 4.69) is 22.1 Å². The van der Waals surface area contributed by atoms with Gasteiger partial charge in [0.15, 0.2) is 0 Å². The summed E-state index contributed by atoms with van der Waals surface area (Å²) in [4.78, 5) is 4.37. The van der Waals surface area contributed by atoms with Crippen LogP contribution in [0.25, 0.3) is 0 Å². The molecule has 0 saturated heterocycles. The van der Waals surface area contributed by atoms with Gasteiger partial charge in [0.1, 0.15) is 0 Å². The second kappa shape index (κ2) is 5.29. The molecule has 4 heteroatoms. The fourth-order valence-electron chi connectivity index (χ4n) is 1.78. The molecular weight excluding hydrogens is 226 g/mol. The van der Waals surface area contributed by atoms with Crippen LogP contribution < -0.4 is 0 Å². The molecular formula is C14H19N3O. The zero-order chi connectivity index (χ0) is 13.0. The highest BCUT2D eigenvalue weighted by atomic mass is 16.4. The van der Waals surface area contributed by atoms with Gasteiger partial charge in [-0.2, -0.15) is 0 Å². The number of unbranched alkanes of at least 4 members (excludes halogenated alkanes) is 1. The Labute approximate surface area is 107 Å². The number of hydrogen-bond donors (Lipinski definition) is 0. The first-order valence-electron chi connectivity index (χ1n) is 6.39. The molecule has 4 nitrogen and oxygen atoms in total. The molecule has 2 heterocycles. The highest BCUT2D eigenvalue weighted by Gasteiger charge is 2.30. The molecule has 2 rings (SSSR count). The molecule has 0 spiro atoms. The first kappa shape index (κ1) is 12.7.